The van der Waals surface area contributed by atoms with Gasteiger partial charge in [-0.15, -0.1) is 11.3 Å². The lowest BCUT2D eigenvalue weighted by Gasteiger charge is -2.35. The van der Waals surface area contributed by atoms with E-state index in [2.05, 4.69) is 23.6 Å². The maximum Gasteiger partial charge on any atom is 0.247 e. The molecular formula is C24H23NO3S. The first-order valence-electron chi connectivity index (χ1n) is 9.53. The number of thiophene rings is 1. The van der Waals surface area contributed by atoms with Gasteiger partial charge in [0.05, 0.1) is 20.3 Å². The number of carbonyl (C=O) groups is 1. The van der Waals surface area contributed by atoms with Crippen LogP contribution in [0, 0.1) is 0 Å². The molecule has 0 saturated heterocycles. The lowest BCUT2D eigenvalue weighted by Crippen LogP contribution is -2.39. The van der Waals surface area contributed by atoms with Gasteiger partial charge in [-0.1, -0.05) is 30.3 Å². The maximum absolute atomic E-state index is 13.2. The van der Waals surface area contributed by atoms with Crippen molar-refractivity contribution in [2.45, 2.75) is 12.5 Å². The highest BCUT2D eigenvalue weighted by atomic mass is 32.1. The Morgan fingerprint density at radius 1 is 1.10 bits per heavy atom. The van der Waals surface area contributed by atoms with Gasteiger partial charge in [-0.05, 0) is 47.2 Å². The number of methoxy groups -OCH3 is 2. The van der Waals surface area contributed by atoms with Gasteiger partial charge in [0, 0.05) is 29.1 Å². The molecule has 1 aliphatic heterocycles. The third kappa shape index (κ3) is 3.91. The van der Waals surface area contributed by atoms with E-state index in [9.17, 15) is 4.79 Å². The van der Waals surface area contributed by atoms with Crippen LogP contribution < -0.4 is 9.47 Å². The Hall–Kier alpha value is -3.05. The molecule has 0 bridgehead atoms. The van der Waals surface area contributed by atoms with Crippen molar-refractivity contribution in [3.05, 3.63) is 87.6 Å². The van der Waals surface area contributed by atoms with Crippen LogP contribution in [0.4, 0.5) is 0 Å². The van der Waals surface area contributed by atoms with Gasteiger partial charge in [-0.25, -0.2) is 0 Å². The number of benzene rings is 2. The molecule has 2 heterocycles. The van der Waals surface area contributed by atoms with Crippen LogP contribution in [0.3, 0.4) is 0 Å². The van der Waals surface area contributed by atoms with Crippen LogP contribution in [0.2, 0.25) is 0 Å². The summed E-state index contributed by atoms with van der Waals surface area (Å²) in [4.78, 5) is 16.5. The third-order valence-electron chi connectivity index (χ3n) is 5.21. The lowest BCUT2D eigenvalue weighted by molar-refractivity contribution is -0.127. The van der Waals surface area contributed by atoms with Gasteiger partial charge >= 0.3 is 0 Å². The van der Waals surface area contributed by atoms with Gasteiger partial charge in [-0.2, -0.15) is 0 Å². The van der Waals surface area contributed by atoms with E-state index >= 15 is 0 Å². The molecule has 5 heteroatoms. The maximum atomic E-state index is 13.2. The van der Waals surface area contributed by atoms with Crippen molar-refractivity contribution in [3.63, 3.8) is 0 Å². The quantitative estimate of drug-likeness (QED) is 0.564. The molecule has 3 aromatic rings. The Morgan fingerprint density at radius 3 is 2.69 bits per heavy atom. The van der Waals surface area contributed by atoms with Gasteiger partial charge in [0.1, 0.15) is 11.5 Å². The van der Waals surface area contributed by atoms with Crippen molar-refractivity contribution in [1.29, 1.82) is 0 Å². The SMILES string of the molecule is COc1ccc(/C=C/C(=O)N2CCc3sccc3C2c2ccccc2)c(OC)c1. The van der Waals surface area contributed by atoms with E-state index in [0.717, 1.165) is 23.3 Å². The van der Waals surface area contributed by atoms with Gasteiger partial charge in [0.2, 0.25) is 5.91 Å². The second-order valence-electron chi connectivity index (χ2n) is 6.84. The van der Waals surface area contributed by atoms with Crippen LogP contribution in [0.25, 0.3) is 6.08 Å². The fourth-order valence-corrected chi connectivity index (χ4v) is 4.67. The third-order valence-corrected chi connectivity index (χ3v) is 6.21. The zero-order valence-electron chi connectivity index (χ0n) is 16.5. The zero-order valence-corrected chi connectivity index (χ0v) is 17.3. The smallest absolute Gasteiger partial charge is 0.247 e. The number of hydrogen-bond donors (Lipinski definition) is 0. The Morgan fingerprint density at radius 2 is 1.93 bits per heavy atom. The van der Waals surface area contributed by atoms with E-state index in [0.29, 0.717) is 12.3 Å². The summed E-state index contributed by atoms with van der Waals surface area (Å²) in [5, 5.41) is 2.12. The zero-order chi connectivity index (χ0) is 20.2. The number of ether oxygens (including phenoxy) is 2. The van der Waals surface area contributed by atoms with Crippen molar-refractivity contribution in [1.82, 2.24) is 4.90 Å². The molecule has 0 fully saturated rings. The van der Waals surface area contributed by atoms with Gasteiger partial charge in [0.25, 0.3) is 0 Å². The summed E-state index contributed by atoms with van der Waals surface area (Å²) >= 11 is 1.77. The topological polar surface area (TPSA) is 38.8 Å². The number of amides is 1. The van der Waals surface area contributed by atoms with Crippen LogP contribution in [-0.2, 0) is 11.2 Å². The summed E-state index contributed by atoms with van der Waals surface area (Å²) in [5.41, 5.74) is 3.21. The number of fused-ring (bicyclic) bond motifs is 1. The van der Waals surface area contributed by atoms with Crippen molar-refractivity contribution in [3.8, 4) is 11.5 Å². The predicted molar refractivity (Wildman–Crippen MR) is 117 cm³/mol. The highest BCUT2D eigenvalue weighted by molar-refractivity contribution is 7.10. The fraction of sp³-hybridized carbons (Fsp3) is 0.208. The Labute approximate surface area is 175 Å². The molecule has 1 aromatic heterocycles. The van der Waals surface area contributed by atoms with Crippen molar-refractivity contribution >= 4 is 23.3 Å². The molecule has 1 amide bonds. The summed E-state index contributed by atoms with van der Waals surface area (Å²) in [5.74, 6) is 1.39. The average molecular weight is 406 g/mol. The number of carbonyl (C=O) groups excluding carboxylic acids is 1. The minimum atomic E-state index is -0.0545. The molecule has 0 spiro atoms. The first kappa shape index (κ1) is 19.3. The largest absolute Gasteiger partial charge is 0.497 e. The molecule has 1 atom stereocenters. The van der Waals surface area contributed by atoms with Crippen LogP contribution in [-0.4, -0.2) is 31.6 Å². The van der Waals surface area contributed by atoms with Gasteiger partial charge in [0.15, 0.2) is 0 Å². The van der Waals surface area contributed by atoms with Crippen molar-refractivity contribution in [2.75, 3.05) is 20.8 Å². The van der Waals surface area contributed by atoms with Crippen molar-refractivity contribution < 1.29 is 14.3 Å². The highest BCUT2D eigenvalue weighted by Gasteiger charge is 2.31. The Bertz CT molecular complexity index is 1030. The molecule has 4 nitrogen and oxygen atoms in total. The van der Waals surface area contributed by atoms with Crippen LogP contribution in [0.5, 0.6) is 11.5 Å². The summed E-state index contributed by atoms with van der Waals surface area (Å²) in [6, 6.07) is 17.9. The lowest BCUT2D eigenvalue weighted by atomic mass is 9.93. The molecule has 2 aromatic carbocycles. The molecule has 0 radical (unpaired) electrons. The van der Waals surface area contributed by atoms with E-state index in [4.69, 9.17) is 9.47 Å². The number of nitrogens with zero attached hydrogens (tertiary/aromatic N) is 1. The minimum absolute atomic E-state index is 0.00595. The standard InChI is InChI=1S/C24H23NO3S/c1-27-19-10-8-17(21(16-19)28-2)9-11-23(26)25-14-12-22-20(13-15-29-22)24(25)18-6-4-3-5-7-18/h3-11,13,15-16,24H,12,14H2,1-2H3/b11-9+. The number of rotatable bonds is 5. The van der Waals surface area contributed by atoms with Crippen LogP contribution in [0.1, 0.15) is 27.6 Å². The molecule has 0 N–H and O–H groups in total. The normalized spacial score (nSPS) is 15.9. The highest BCUT2D eigenvalue weighted by Crippen LogP contribution is 2.38. The Balaban J connectivity index is 1.63. The average Bonchev–Trinajstić information content (AvgIpc) is 3.26. The second-order valence-corrected chi connectivity index (χ2v) is 7.84. The van der Waals surface area contributed by atoms with Crippen LogP contribution >= 0.6 is 11.3 Å². The first-order valence-corrected chi connectivity index (χ1v) is 10.4. The van der Waals surface area contributed by atoms with E-state index in [1.165, 1.54) is 10.4 Å². The fourth-order valence-electron chi connectivity index (χ4n) is 3.76. The summed E-state index contributed by atoms with van der Waals surface area (Å²) in [7, 11) is 3.23. The minimum Gasteiger partial charge on any atom is -0.497 e. The summed E-state index contributed by atoms with van der Waals surface area (Å²) in [6.45, 7) is 0.704. The molecule has 1 aliphatic rings. The van der Waals surface area contributed by atoms with Gasteiger partial charge < -0.3 is 14.4 Å². The predicted octanol–water partition coefficient (Wildman–Crippen LogP) is 4.95. The molecule has 148 valence electrons. The second kappa shape index (κ2) is 8.53. The van der Waals surface area contributed by atoms with Crippen molar-refractivity contribution in [2.24, 2.45) is 0 Å². The Kier molecular flexibility index (Phi) is 5.67. The molecule has 29 heavy (non-hydrogen) atoms. The molecule has 0 aliphatic carbocycles. The van der Waals surface area contributed by atoms with E-state index < -0.39 is 0 Å². The molecule has 0 saturated carbocycles. The van der Waals surface area contributed by atoms with E-state index in [-0.39, 0.29) is 11.9 Å². The molecule has 1 unspecified atom stereocenters. The number of hydrogen-bond acceptors (Lipinski definition) is 4. The molecule has 4 rings (SSSR count). The van der Waals surface area contributed by atoms with Crippen LogP contribution in [0.15, 0.2) is 66.1 Å². The summed E-state index contributed by atoms with van der Waals surface area (Å²) in [6.07, 6.45) is 4.34. The van der Waals surface area contributed by atoms with E-state index in [1.807, 2.05) is 47.4 Å². The van der Waals surface area contributed by atoms with E-state index in [1.54, 1.807) is 31.6 Å². The monoisotopic (exact) mass is 405 g/mol. The molecular weight excluding hydrogens is 382 g/mol. The van der Waals surface area contributed by atoms with Gasteiger partial charge in [-0.3, -0.25) is 4.79 Å². The first-order chi connectivity index (χ1) is 14.2. The summed E-state index contributed by atoms with van der Waals surface area (Å²) < 4.78 is 10.7.